The molecule has 158 valence electrons. The molecule has 0 spiro atoms. The lowest BCUT2D eigenvalue weighted by molar-refractivity contribution is 0.102. The summed E-state index contributed by atoms with van der Waals surface area (Å²) in [6, 6.07) is 28.5. The number of carbonyl (C=O) groups is 1. The van der Waals surface area contributed by atoms with Crippen molar-refractivity contribution in [2.24, 2.45) is 0 Å². The summed E-state index contributed by atoms with van der Waals surface area (Å²) in [6.07, 6.45) is 0. The molecule has 2 aromatic heterocycles. The van der Waals surface area contributed by atoms with Gasteiger partial charge in [0.2, 0.25) is 0 Å². The number of amides is 1. The van der Waals surface area contributed by atoms with E-state index in [2.05, 4.69) is 10.3 Å². The van der Waals surface area contributed by atoms with Crippen LogP contribution < -0.4 is 10.9 Å². The molecule has 6 aromatic rings. The van der Waals surface area contributed by atoms with Gasteiger partial charge in [-0.15, -0.1) is 11.3 Å². The van der Waals surface area contributed by atoms with Gasteiger partial charge in [-0.1, -0.05) is 42.5 Å². The largest absolute Gasteiger partial charge is 0.422 e. The smallest absolute Gasteiger partial charge is 0.349 e. The summed E-state index contributed by atoms with van der Waals surface area (Å²) in [5, 5.41) is 6.37. The van der Waals surface area contributed by atoms with Crippen LogP contribution in [0.3, 0.4) is 0 Å². The molecule has 0 aliphatic rings. The molecule has 6 heteroatoms. The molecule has 1 N–H and O–H groups in total. The van der Waals surface area contributed by atoms with Crippen LogP contribution in [0.2, 0.25) is 0 Å². The first-order valence-corrected chi connectivity index (χ1v) is 11.2. The van der Waals surface area contributed by atoms with E-state index in [4.69, 9.17) is 4.42 Å². The summed E-state index contributed by atoms with van der Waals surface area (Å²) >= 11 is 1.62. The maximum absolute atomic E-state index is 12.9. The molecule has 0 fully saturated rings. The molecule has 5 nitrogen and oxygen atoms in total. The van der Waals surface area contributed by atoms with Crippen molar-refractivity contribution in [2.75, 3.05) is 5.32 Å². The van der Waals surface area contributed by atoms with Crippen molar-refractivity contribution < 1.29 is 9.21 Å². The summed E-state index contributed by atoms with van der Waals surface area (Å²) in [6.45, 7) is 0. The minimum atomic E-state index is -0.665. The molecule has 0 atom stereocenters. The van der Waals surface area contributed by atoms with Gasteiger partial charge in [-0.3, -0.25) is 4.79 Å². The van der Waals surface area contributed by atoms with Crippen LogP contribution in [0, 0.1) is 0 Å². The molecule has 0 aliphatic heterocycles. The number of rotatable bonds is 3. The molecular formula is C27H16N2O3S. The third kappa shape index (κ3) is 3.46. The maximum atomic E-state index is 12.9. The Balaban J connectivity index is 1.31. The molecule has 0 aliphatic carbocycles. The van der Waals surface area contributed by atoms with Crippen LogP contribution >= 0.6 is 11.3 Å². The summed E-state index contributed by atoms with van der Waals surface area (Å²) in [5.74, 6) is -0.508. The second-order valence-corrected chi connectivity index (χ2v) is 8.69. The lowest BCUT2D eigenvalue weighted by Gasteiger charge is -2.07. The fraction of sp³-hybridized carbons (Fsp3) is 0. The van der Waals surface area contributed by atoms with E-state index >= 15 is 0 Å². The fourth-order valence-corrected chi connectivity index (χ4v) is 4.89. The van der Waals surface area contributed by atoms with Crippen molar-refractivity contribution in [1.29, 1.82) is 0 Å². The Kier molecular flexibility index (Phi) is 4.52. The van der Waals surface area contributed by atoms with Crippen LogP contribution in [0.4, 0.5) is 5.69 Å². The SMILES string of the molecule is O=C(Nc1ccc(-c2nc3ccccc3s2)cc1)c1cc2c(ccc3ccccc32)oc1=O. The highest BCUT2D eigenvalue weighted by atomic mass is 32.1. The molecule has 4 aromatic carbocycles. The first-order chi connectivity index (χ1) is 16.2. The molecular weight excluding hydrogens is 432 g/mol. The predicted molar refractivity (Wildman–Crippen MR) is 133 cm³/mol. The highest BCUT2D eigenvalue weighted by Crippen LogP contribution is 2.31. The molecule has 6 rings (SSSR count). The quantitative estimate of drug-likeness (QED) is 0.249. The second kappa shape index (κ2) is 7.69. The standard InChI is InChI=1S/C27H16N2O3S/c30-25(21-15-20-19-6-2-1-5-16(19)11-14-23(20)32-27(21)31)28-18-12-9-17(10-13-18)26-29-22-7-3-4-8-24(22)33-26/h1-15H,(H,28,30). The van der Waals surface area contributed by atoms with Gasteiger partial charge >= 0.3 is 5.63 Å². The summed E-state index contributed by atoms with van der Waals surface area (Å²) in [4.78, 5) is 30.1. The number of fused-ring (bicyclic) bond motifs is 4. The van der Waals surface area contributed by atoms with Crippen molar-refractivity contribution >= 4 is 54.9 Å². The molecule has 0 radical (unpaired) electrons. The zero-order chi connectivity index (χ0) is 22.4. The maximum Gasteiger partial charge on any atom is 0.349 e. The van der Waals surface area contributed by atoms with E-state index in [0.29, 0.717) is 11.3 Å². The van der Waals surface area contributed by atoms with E-state index in [9.17, 15) is 9.59 Å². The fourth-order valence-electron chi connectivity index (χ4n) is 3.92. The Morgan fingerprint density at radius 1 is 0.848 bits per heavy atom. The highest BCUT2D eigenvalue weighted by Gasteiger charge is 2.15. The van der Waals surface area contributed by atoms with Crippen molar-refractivity contribution in [3.05, 3.63) is 107 Å². The second-order valence-electron chi connectivity index (χ2n) is 7.66. The number of para-hydroxylation sites is 1. The molecule has 0 unspecified atom stereocenters. The van der Waals surface area contributed by atoms with Gasteiger partial charge in [0.05, 0.1) is 10.2 Å². The van der Waals surface area contributed by atoms with Gasteiger partial charge in [0, 0.05) is 16.6 Å². The van der Waals surface area contributed by atoms with Gasteiger partial charge in [0.25, 0.3) is 5.91 Å². The van der Waals surface area contributed by atoms with Gasteiger partial charge in [-0.2, -0.15) is 0 Å². The van der Waals surface area contributed by atoms with Crippen LogP contribution in [-0.4, -0.2) is 10.9 Å². The first-order valence-electron chi connectivity index (χ1n) is 10.4. The van der Waals surface area contributed by atoms with E-state index in [-0.39, 0.29) is 5.56 Å². The Hall–Kier alpha value is -4.29. The molecule has 1 amide bonds. The summed E-state index contributed by atoms with van der Waals surface area (Å²) in [5.41, 5.74) is 2.27. The number of nitrogens with zero attached hydrogens (tertiary/aromatic N) is 1. The zero-order valence-electron chi connectivity index (χ0n) is 17.2. The Bertz CT molecular complexity index is 1700. The molecule has 0 saturated carbocycles. The highest BCUT2D eigenvalue weighted by molar-refractivity contribution is 7.21. The Morgan fingerprint density at radius 3 is 2.48 bits per heavy atom. The van der Waals surface area contributed by atoms with Crippen molar-refractivity contribution in [1.82, 2.24) is 4.98 Å². The summed E-state index contributed by atoms with van der Waals surface area (Å²) < 4.78 is 6.57. The summed E-state index contributed by atoms with van der Waals surface area (Å²) in [7, 11) is 0. The van der Waals surface area contributed by atoms with Gasteiger partial charge < -0.3 is 9.73 Å². The van der Waals surface area contributed by atoms with E-state index in [1.165, 1.54) is 0 Å². The monoisotopic (exact) mass is 448 g/mol. The average Bonchev–Trinajstić information content (AvgIpc) is 3.28. The number of aromatic nitrogens is 1. The van der Waals surface area contributed by atoms with Gasteiger partial charge in [0.15, 0.2) is 0 Å². The van der Waals surface area contributed by atoms with Crippen LogP contribution in [-0.2, 0) is 0 Å². The van der Waals surface area contributed by atoms with Crippen LogP contribution in [0.5, 0.6) is 0 Å². The Morgan fingerprint density at radius 2 is 1.64 bits per heavy atom. The lowest BCUT2D eigenvalue weighted by Crippen LogP contribution is -2.20. The molecule has 2 heterocycles. The third-order valence-electron chi connectivity index (χ3n) is 5.57. The normalized spacial score (nSPS) is 11.3. The van der Waals surface area contributed by atoms with Crippen LogP contribution in [0.25, 0.3) is 42.5 Å². The van der Waals surface area contributed by atoms with Crippen LogP contribution in [0.15, 0.2) is 100 Å². The van der Waals surface area contributed by atoms with E-state index < -0.39 is 11.5 Å². The topological polar surface area (TPSA) is 72.2 Å². The van der Waals surface area contributed by atoms with Gasteiger partial charge in [0.1, 0.15) is 16.2 Å². The number of hydrogen-bond acceptors (Lipinski definition) is 5. The first kappa shape index (κ1) is 19.4. The van der Waals surface area contributed by atoms with Gasteiger partial charge in [-0.25, -0.2) is 9.78 Å². The predicted octanol–water partition coefficient (Wildman–Crippen LogP) is 6.48. The average molecular weight is 449 g/mol. The number of benzene rings is 4. The van der Waals surface area contributed by atoms with Crippen molar-refractivity contribution in [3.8, 4) is 10.6 Å². The Labute approximate surface area is 191 Å². The third-order valence-corrected chi connectivity index (χ3v) is 6.66. The number of thiazole rings is 1. The minimum absolute atomic E-state index is 0.0332. The molecule has 0 saturated heterocycles. The van der Waals surface area contributed by atoms with E-state index in [1.54, 1.807) is 35.6 Å². The van der Waals surface area contributed by atoms with E-state index in [0.717, 1.165) is 36.9 Å². The number of hydrogen-bond donors (Lipinski definition) is 1. The van der Waals surface area contributed by atoms with Crippen molar-refractivity contribution in [3.63, 3.8) is 0 Å². The molecule has 0 bridgehead atoms. The minimum Gasteiger partial charge on any atom is -0.422 e. The zero-order valence-corrected chi connectivity index (χ0v) is 18.1. The van der Waals surface area contributed by atoms with E-state index in [1.807, 2.05) is 66.7 Å². The molecule has 33 heavy (non-hydrogen) atoms. The number of carbonyl (C=O) groups excluding carboxylic acids is 1. The number of nitrogens with one attached hydrogen (secondary N) is 1. The van der Waals surface area contributed by atoms with Crippen LogP contribution in [0.1, 0.15) is 10.4 Å². The van der Waals surface area contributed by atoms with Gasteiger partial charge in [-0.05, 0) is 59.3 Å². The van der Waals surface area contributed by atoms with Crippen molar-refractivity contribution in [2.45, 2.75) is 0 Å². The number of anilines is 1. The lowest BCUT2D eigenvalue weighted by atomic mass is 10.0.